The van der Waals surface area contributed by atoms with Gasteiger partial charge in [0.25, 0.3) is 5.56 Å². The van der Waals surface area contributed by atoms with Gasteiger partial charge in [-0.1, -0.05) is 61.0 Å². The van der Waals surface area contributed by atoms with Crippen molar-refractivity contribution in [3.05, 3.63) is 102 Å². The van der Waals surface area contributed by atoms with E-state index in [0.29, 0.717) is 5.56 Å². The lowest BCUT2D eigenvalue weighted by atomic mass is 9.82. The highest BCUT2D eigenvalue weighted by Gasteiger charge is 2.26. The van der Waals surface area contributed by atoms with Crippen molar-refractivity contribution in [3.63, 3.8) is 0 Å². The molecule has 0 aliphatic heterocycles. The van der Waals surface area contributed by atoms with Gasteiger partial charge in [0, 0.05) is 17.7 Å². The van der Waals surface area contributed by atoms with E-state index in [-0.39, 0.29) is 11.5 Å². The number of nitrogens with one attached hydrogen (secondary N) is 2. The summed E-state index contributed by atoms with van der Waals surface area (Å²) in [7, 11) is 0. The zero-order valence-corrected chi connectivity index (χ0v) is 14.8. The van der Waals surface area contributed by atoms with E-state index in [1.54, 1.807) is 0 Å². The fourth-order valence-electron chi connectivity index (χ4n) is 3.67. The monoisotopic (exact) mass is 344 g/mol. The van der Waals surface area contributed by atoms with Gasteiger partial charge in [-0.15, -0.1) is 0 Å². The van der Waals surface area contributed by atoms with Crippen LogP contribution >= 0.6 is 0 Å². The highest BCUT2D eigenvalue weighted by atomic mass is 16.2. The summed E-state index contributed by atoms with van der Waals surface area (Å²) in [5.41, 5.74) is 6.46. The van der Waals surface area contributed by atoms with Crippen molar-refractivity contribution in [3.8, 4) is 0 Å². The first-order valence-electron chi connectivity index (χ1n) is 8.80. The van der Waals surface area contributed by atoms with Crippen molar-refractivity contribution in [2.45, 2.75) is 26.2 Å². The minimum absolute atomic E-state index is 0.234. The standard InChI is InChI=1S/C22H20N2O2/c1-3-14-5-9-18-16(11-14)7-6-15-10-13(2)4-8-17(15)20(18)19-12-23-22(26)24-21(19)25/h4-12,20H,3H2,1-2H3,(H2,23,24,25,26). The molecule has 1 heterocycles. The molecule has 4 nitrogen and oxygen atoms in total. The molecule has 2 aromatic carbocycles. The Morgan fingerprint density at radius 1 is 0.923 bits per heavy atom. The van der Waals surface area contributed by atoms with E-state index >= 15 is 0 Å². The Bertz CT molecular complexity index is 1140. The Kier molecular flexibility index (Phi) is 3.96. The number of hydrogen-bond acceptors (Lipinski definition) is 2. The molecule has 0 spiro atoms. The van der Waals surface area contributed by atoms with Gasteiger partial charge in [-0.25, -0.2) is 4.79 Å². The molecular weight excluding hydrogens is 324 g/mol. The highest BCUT2D eigenvalue weighted by molar-refractivity contribution is 5.78. The third-order valence-corrected chi connectivity index (χ3v) is 5.03. The lowest BCUT2D eigenvalue weighted by Crippen LogP contribution is -2.27. The molecule has 1 aromatic heterocycles. The van der Waals surface area contributed by atoms with Crippen LogP contribution in [0, 0.1) is 6.92 Å². The average Bonchev–Trinajstić information content (AvgIpc) is 2.78. The molecule has 3 aromatic rings. The smallest absolute Gasteiger partial charge is 0.314 e. The molecular formula is C22H20N2O2. The number of rotatable bonds is 2. The summed E-state index contributed by atoms with van der Waals surface area (Å²) >= 11 is 0. The van der Waals surface area contributed by atoms with Gasteiger partial charge >= 0.3 is 5.69 Å². The molecule has 130 valence electrons. The van der Waals surface area contributed by atoms with Gasteiger partial charge in [0.05, 0.1) is 0 Å². The molecule has 0 fully saturated rings. The maximum atomic E-state index is 12.6. The topological polar surface area (TPSA) is 65.7 Å². The van der Waals surface area contributed by atoms with Crippen molar-refractivity contribution >= 4 is 12.2 Å². The SMILES string of the molecule is CCc1ccc2c(c1)C=Cc1cc(C)ccc1C2c1c[nH]c(=O)[nH]c1=O. The minimum Gasteiger partial charge on any atom is -0.314 e. The Morgan fingerprint density at radius 3 is 2.31 bits per heavy atom. The second-order valence-electron chi connectivity index (χ2n) is 6.74. The zero-order valence-electron chi connectivity index (χ0n) is 14.8. The van der Waals surface area contributed by atoms with Crippen LogP contribution in [0.4, 0.5) is 0 Å². The number of hydrogen-bond donors (Lipinski definition) is 2. The third-order valence-electron chi connectivity index (χ3n) is 5.03. The van der Waals surface area contributed by atoms with Crippen LogP contribution in [0.2, 0.25) is 0 Å². The molecule has 2 N–H and O–H groups in total. The summed E-state index contributed by atoms with van der Waals surface area (Å²) in [5.74, 6) is -0.234. The van der Waals surface area contributed by atoms with Crippen LogP contribution in [0.3, 0.4) is 0 Å². The number of fused-ring (bicyclic) bond motifs is 2. The van der Waals surface area contributed by atoms with Crippen LogP contribution in [0.1, 0.15) is 51.8 Å². The van der Waals surface area contributed by atoms with Crippen LogP contribution in [0.5, 0.6) is 0 Å². The average molecular weight is 344 g/mol. The summed E-state index contributed by atoms with van der Waals surface area (Å²) in [5, 5.41) is 0. The minimum atomic E-state index is -0.490. The normalized spacial score (nSPS) is 15.2. The molecule has 1 aliphatic carbocycles. The molecule has 4 rings (SSSR count). The number of aromatic amines is 2. The van der Waals surface area contributed by atoms with Gasteiger partial charge in [0.2, 0.25) is 0 Å². The molecule has 1 atom stereocenters. The van der Waals surface area contributed by atoms with Gasteiger partial charge in [0.15, 0.2) is 0 Å². The summed E-state index contributed by atoms with van der Waals surface area (Å²) in [6.07, 6.45) is 6.72. The van der Waals surface area contributed by atoms with E-state index in [4.69, 9.17) is 0 Å². The van der Waals surface area contributed by atoms with Crippen LogP contribution < -0.4 is 11.2 Å². The van der Waals surface area contributed by atoms with Crippen molar-refractivity contribution in [2.24, 2.45) is 0 Å². The number of aryl methyl sites for hydroxylation is 2. The predicted molar refractivity (Wildman–Crippen MR) is 105 cm³/mol. The van der Waals surface area contributed by atoms with E-state index in [1.165, 1.54) is 17.3 Å². The molecule has 1 unspecified atom stereocenters. The molecule has 26 heavy (non-hydrogen) atoms. The molecule has 0 saturated carbocycles. The van der Waals surface area contributed by atoms with Gasteiger partial charge in [-0.3, -0.25) is 9.78 Å². The quantitative estimate of drug-likeness (QED) is 0.583. The summed E-state index contributed by atoms with van der Waals surface area (Å²) < 4.78 is 0. The van der Waals surface area contributed by atoms with Crippen molar-refractivity contribution in [2.75, 3.05) is 0 Å². The highest BCUT2D eigenvalue weighted by Crippen LogP contribution is 2.38. The van der Waals surface area contributed by atoms with E-state index < -0.39 is 5.69 Å². The lowest BCUT2D eigenvalue weighted by molar-refractivity contribution is 0.893. The Balaban J connectivity index is 2.04. The summed E-state index contributed by atoms with van der Waals surface area (Å²) in [6.45, 7) is 4.19. The molecule has 4 heteroatoms. The van der Waals surface area contributed by atoms with Gasteiger partial charge in [-0.2, -0.15) is 0 Å². The van der Waals surface area contributed by atoms with E-state index in [9.17, 15) is 9.59 Å². The predicted octanol–water partition coefficient (Wildman–Crippen LogP) is 3.60. The molecule has 0 amide bonds. The maximum Gasteiger partial charge on any atom is 0.325 e. The van der Waals surface area contributed by atoms with Gasteiger partial charge in [0.1, 0.15) is 0 Å². The Morgan fingerprint density at radius 2 is 1.62 bits per heavy atom. The van der Waals surface area contributed by atoms with Crippen molar-refractivity contribution < 1.29 is 0 Å². The first-order valence-corrected chi connectivity index (χ1v) is 8.80. The number of benzene rings is 2. The van der Waals surface area contributed by atoms with Crippen molar-refractivity contribution in [1.29, 1.82) is 0 Å². The maximum absolute atomic E-state index is 12.6. The van der Waals surface area contributed by atoms with Crippen LogP contribution in [0.25, 0.3) is 12.2 Å². The van der Waals surface area contributed by atoms with Crippen LogP contribution in [-0.2, 0) is 6.42 Å². The second kappa shape index (κ2) is 6.30. The first-order chi connectivity index (χ1) is 12.6. The zero-order chi connectivity index (χ0) is 18.3. The molecule has 1 aliphatic rings. The summed E-state index contributed by atoms with van der Waals surface area (Å²) in [4.78, 5) is 29.0. The van der Waals surface area contributed by atoms with Gasteiger partial charge in [-0.05, 0) is 41.2 Å². The Hall–Kier alpha value is -3.14. The van der Waals surface area contributed by atoms with Crippen LogP contribution in [-0.4, -0.2) is 9.97 Å². The number of aromatic nitrogens is 2. The number of H-pyrrole nitrogens is 2. The van der Waals surface area contributed by atoms with E-state index in [0.717, 1.165) is 28.7 Å². The fourth-order valence-corrected chi connectivity index (χ4v) is 3.67. The second-order valence-corrected chi connectivity index (χ2v) is 6.74. The fraction of sp³-hybridized carbons (Fsp3) is 0.182. The van der Waals surface area contributed by atoms with Gasteiger partial charge < -0.3 is 4.98 Å². The third kappa shape index (κ3) is 2.73. The molecule has 0 saturated heterocycles. The summed E-state index contributed by atoms with van der Waals surface area (Å²) in [6, 6.07) is 12.7. The van der Waals surface area contributed by atoms with E-state index in [2.05, 4.69) is 72.4 Å². The lowest BCUT2D eigenvalue weighted by Gasteiger charge is -2.20. The van der Waals surface area contributed by atoms with Crippen molar-refractivity contribution in [1.82, 2.24) is 9.97 Å². The Labute approximate surface area is 151 Å². The first kappa shape index (κ1) is 16.3. The molecule has 0 bridgehead atoms. The molecule has 0 radical (unpaired) electrons. The van der Waals surface area contributed by atoms with E-state index in [1.807, 2.05) is 0 Å². The largest absolute Gasteiger partial charge is 0.325 e. The van der Waals surface area contributed by atoms with Crippen LogP contribution in [0.15, 0.2) is 52.2 Å².